The molecule has 0 radical (unpaired) electrons. The molecule has 2 heterocycles. The second-order valence-corrected chi connectivity index (χ2v) is 6.28. The monoisotopic (exact) mass is 301 g/mol. The van der Waals surface area contributed by atoms with Crippen molar-refractivity contribution in [2.45, 2.75) is 19.4 Å². The molecule has 1 fully saturated rings. The molecule has 4 nitrogen and oxygen atoms in total. The van der Waals surface area contributed by atoms with E-state index < -0.39 is 0 Å². The number of amides is 1. The fourth-order valence-electron chi connectivity index (χ4n) is 2.55. The Hall–Kier alpha value is -1.72. The van der Waals surface area contributed by atoms with E-state index >= 15 is 0 Å². The first kappa shape index (κ1) is 14.2. The summed E-state index contributed by atoms with van der Waals surface area (Å²) in [6.07, 6.45) is 0.788. The number of hydrogen-bond acceptors (Lipinski definition) is 4. The van der Waals surface area contributed by atoms with E-state index in [0.717, 1.165) is 31.1 Å². The van der Waals surface area contributed by atoms with E-state index in [1.54, 1.807) is 11.3 Å². The minimum Gasteiger partial charge on any atom is -0.332 e. The Kier molecular flexibility index (Phi) is 4.31. The second-order valence-electron chi connectivity index (χ2n) is 5.34. The number of benzene rings is 1. The quantitative estimate of drug-likeness (QED) is 0.945. The number of thiazole rings is 1. The number of nitrogens with zero attached hydrogens (tertiary/aromatic N) is 2. The molecule has 0 aliphatic carbocycles. The number of carbonyl (C=O) groups is 1. The largest absolute Gasteiger partial charge is 0.332 e. The van der Waals surface area contributed by atoms with Gasteiger partial charge in [0.2, 0.25) is 0 Å². The summed E-state index contributed by atoms with van der Waals surface area (Å²) >= 11 is 1.56. The molecule has 1 amide bonds. The molecule has 1 N–H and O–H groups in total. The van der Waals surface area contributed by atoms with Crippen LogP contribution in [0.2, 0.25) is 0 Å². The van der Waals surface area contributed by atoms with E-state index in [-0.39, 0.29) is 11.9 Å². The predicted molar refractivity (Wildman–Crippen MR) is 84.7 cm³/mol. The molecule has 3 rings (SSSR count). The first-order chi connectivity index (χ1) is 10.2. The van der Waals surface area contributed by atoms with Crippen molar-refractivity contribution in [1.29, 1.82) is 0 Å². The topological polar surface area (TPSA) is 45.2 Å². The normalized spacial score (nSPS) is 18.7. The Morgan fingerprint density at radius 3 is 3.00 bits per heavy atom. The molecule has 0 spiro atoms. The van der Waals surface area contributed by atoms with Gasteiger partial charge in [-0.2, -0.15) is 0 Å². The highest BCUT2D eigenvalue weighted by Gasteiger charge is 2.25. The Balaban J connectivity index is 1.71. The highest BCUT2D eigenvalue weighted by Crippen LogP contribution is 2.17. The Bertz CT molecular complexity index is 611. The van der Waals surface area contributed by atoms with Crippen molar-refractivity contribution in [1.82, 2.24) is 15.2 Å². The summed E-state index contributed by atoms with van der Waals surface area (Å²) in [6, 6.07) is 10.5. The van der Waals surface area contributed by atoms with Gasteiger partial charge >= 0.3 is 0 Å². The van der Waals surface area contributed by atoms with Gasteiger partial charge in [-0.1, -0.05) is 30.3 Å². The van der Waals surface area contributed by atoms with Gasteiger partial charge in [-0.15, -0.1) is 11.3 Å². The predicted octanol–water partition coefficient (Wildman–Crippen LogP) is 2.17. The Labute approximate surface area is 128 Å². The molecule has 21 heavy (non-hydrogen) atoms. The molecule has 1 aliphatic rings. The highest BCUT2D eigenvalue weighted by molar-refractivity contribution is 7.09. The number of hydrogen-bond donors (Lipinski definition) is 1. The van der Waals surface area contributed by atoms with Gasteiger partial charge in [0.25, 0.3) is 5.91 Å². The van der Waals surface area contributed by atoms with E-state index in [0.29, 0.717) is 5.69 Å². The van der Waals surface area contributed by atoms with Crippen LogP contribution in [0, 0.1) is 0 Å². The molecule has 1 atom stereocenters. The molecule has 1 aliphatic heterocycles. The van der Waals surface area contributed by atoms with Crippen LogP contribution in [-0.2, 0) is 6.42 Å². The molecule has 5 heteroatoms. The molecule has 1 aromatic carbocycles. The zero-order valence-corrected chi connectivity index (χ0v) is 12.9. The minimum atomic E-state index is 0.0551. The van der Waals surface area contributed by atoms with Crippen molar-refractivity contribution in [2.24, 2.45) is 0 Å². The van der Waals surface area contributed by atoms with Crippen LogP contribution in [0.4, 0.5) is 0 Å². The maximum absolute atomic E-state index is 12.5. The van der Waals surface area contributed by atoms with E-state index in [9.17, 15) is 4.79 Å². The summed E-state index contributed by atoms with van der Waals surface area (Å²) in [5.41, 5.74) is 1.81. The van der Waals surface area contributed by atoms with Crippen molar-refractivity contribution >= 4 is 17.2 Å². The van der Waals surface area contributed by atoms with E-state index in [1.165, 1.54) is 5.56 Å². The zero-order chi connectivity index (χ0) is 14.7. The van der Waals surface area contributed by atoms with Crippen LogP contribution < -0.4 is 5.32 Å². The van der Waals surface area contributed by atoms with E-state index in [4.69, 9.17) is 0 Å². The van der Waals surface area contributed by atoms with Gasteiger partial charge in [0.05, 0.1) is 5.01 Å². The number of nitrogens with one attached hydrogen (secondary N) is 1. The fraction of sp³-hybridized carbons (Fsp3) is 0.375. The molecule has 0 saturated carbocycles. The van der Waals surface area contributed by atoms with Gasteiger partial charge in [0, 0.05) is 37.5 Å². The lowest BCUT2D eigenvalue weighted by Crippen LogP contribution is -2.52. The van der Waals surface area contributed by atoms with Gasteiger partial charge < -0.3 is 10.2 Å². The minimum absolute atomic E-state index is 0.0551. The smallest absolute Gasteiger partial charge is 0.273 e. The van der Waals surface area contributed by atoms with Crippen molar-refractivity contribution in [2.75, 3.05) is 19.6 Å². The van der Waals surface area contributed by atoms with Crippen molar-refractivity contribution in [3.63, 3.8) is 0 Å². The van der Waals surface area contributed by atoms with E-state index in [2.05, 4.69) is 29.4 Å². The fourth-order valence-corrected chi connectivity index (χ4v) is 3.35. The molecule has 1 aromatic heterocycles. The molecule has 1 saturated heterocycles. The molecule has 2 aromatic rings. The summed E-state index contributed by atoms with van der Waals surface area (Å²) in [5, 5.41) is 6.17. The van der Waals surface area contributed by atoms with Gasteiger partial charge in [-0.3, -0.25) is 4.79 Å². The maximum Gasteiger partial charge on any atom is 0.273 e. The third-order valence-electron chi connectivity index (χ3n) is 3.73. The highest BCUT2D eigenvalue weighted by atomic mass is 32.1. The van der Waals surface area contributed by atoms with Crippen LogP contribution in [0.5, 0.6) is 0 Å². The lowest BCUT2D eigenvalue weighted by atomic mass is 10.2. The maximum atomic E-state index is 12.5. The first-order valence-corrected chi connectivity index (χ1v) is 8.12. The molecular formula is C16H19N3OS. The number of carbonyl (C=O) groups excluding carboxylic acids is 1. The standard InChI is InChI=1S/C16H19N3OS/c1-12-10-17-7-8-19(12)16(20)14-11-21-15(18-14)9-13-5-3-2-4-6-13/h2-6,11-12,17H,7-10H2,1H3/t12-/m1/s1. The van der Waals surface area contributed by atoms with Crippen molar-refractivity contribution in [3.05, 3.63) is 52.0 Å². The van der Waals surface area contributed by atoms with Gasteiger partial charge in [-0.05, 0) is 12.5 Å². The number of aromatic nitrogens is 1. The number of piperazine rings is 1. The van der Waals surface area contributed by atoms with Crippen LogP contribution in [-0.4, -0.2) is 41.5 Å². The third kappa shape index (κ3) is 3.31. The summed E-state index contributed by atoms with van der Waals surface area (Å²) in [4.78, 5) is 19.0. The zero-order valence-electron chi connectivity index (χ0n) is 12.1. The second kappa shape index (κ2) is 6.37. The Morgan fingerprint density at radius 2 is 2.24 bits per heavy atom. The van der Waals surface area contributed by atoms with Crippen LogP contribution in [0.15, 0.2) is 35.7 Å². The van der Waals surface area contributed by atoms with Crippen LogP contribution >= 0.6 is 11.3 Å². The van der Waals surface area contributed by atoms with Crippen LogP contribution in [0.1, 0.15) is 28.0 Å². The molecular weight excluding hydrogens is 282 g/mol. The van der Waals surface area contributed by atoms with Gasteiger partial charge in [0.1, 0.15) is 5.69 Å². The van der Waals surface area contributed by atoms with Crippen LogP contribution in [0.25, 0.3) is 0 Å². The summed E-state index contributed by atoms with van der Waals surface area (Å²) < 4.78 is 0. The Morgan fingerprint density at radius 1 is 1.43 bits per heavy atom. The van der Waals surface area contributed by atoms with Crippen LogP contribution in [0.3, 0.4) is 0 Å². The average Bonchev–Trinajstić information content (AvgIpc) is 2.97. The average molecular weight is 301 g/mol. The summed E-state index contributed by atoms with van der Waals surface area (Å²) in [6.45, 7) is 4.54. The van der Waals surface area contributed by atoms with Crippen molar-refractivity contribution < 1.29 is 4.79 Å². The van der Waals surface area contributed by atoms with Gasteiger partial charge in [-0.25, -0.2) is 4.98 Å². The SMILES string of the molecule is C[C@@H]1CNCCN1C(=O)c1csc(Cc2ccccc2)n1. The molecule has 110 valence electrons. The molecule has 0 bridgehead atoms. The summed E-state index contributed by atoms with van der Waals surface area (Å²) in [7, 11) is 0. The van der Waals surface area contributed by atoms with Crippen molar-refractivity contribution in [3.8, 4) is 0 Å². The lowest BCUT2D eigenvalue weighted by molar-refractivity contribution is 0.0650. The van der Waals surface area contributed by atoms with E-state index in [1.807, 2.05) is 28.5 Å². The third-order valence-corrected chi connectivity index (χ3v) is 4.58. The first-order valence-electron chi connectivity index (χ1n) is 7.24. The number of rotatable bonds is 3. The van der Waals surface area contributed by atoms with Gasteiger partial charge in [0.15, 0.2) is 0 Å². The lowest BCUT2D eigenvalue weighted by Gasteiger charge is -2.33. The molecule has 0 unspecified atom stereocenters. The summed E-state index contributed by atoms with van der Waals surface area (Å²) in [5.74, 6) is 0.0551.